The molecule has 4 aromatic rings. The Morgan fingerprint density at radius 1 is 1.09 bits per heavy atom. The van der Waals surface area contributed by atoms with Crippen LogP contribution in [0.15, 0.2) is 55.1 Å². The van der Waals surface area contributed by atoms with Crippen molar-refractivity contribution in [2.75, 3.05) is 18.5 Å². The molecule has 46 heavy (non-hydrogen) atoms. The summed E-state index contributed by atoms with van der Waals surface area (Å²) in [5.74, 6) is -10.5. The maximum absolute atomic E-state index is 14.8. The molecule has 1 fully saturated rings. The van der Waals surface area contributed by atoms with Gasteiger partial charge in [-0.2, -0.15) is 10.4 Å². The van der Waals surface area contributed by atoms with Crippen LogP contribution in [0.5, 0.6) is 0 Å². The molecule has 1 aliphatic heterocycles. The Balaban J connectivity index is 1.22. The number of ether oxygens (including phenoxy) is 2. The molecule has 0 spiro atoms. The molecule has 0 unspecified atom stereocenters. The lowest BCUT2D eigenvalue weighted by atomic mass is 9.90. The van der Waals surface area contributed by atoms with Gasteiger partial charge in [0.05, 0.1) is 25.0 Å². The summed E-state index contributed by atoms with van der Waals surface area (Å²) in [6, 6.07) is 9.37. The molecule has 1 aromatic heterocycles. The van der Waals surface area contributed by atoms with Crippen molar-refractivity contribution in [2.24, 2.45) is 0 Å². The molecule has 9 nitrogen and oxygen atoms in total. The van der Waals surface area contributed by atoms with Crippen LogP contribution in [0, 0.1) is 46.2 Å². The van der Waals surface area contributed by atoms with E-state index in [0.29, 0.717) is 11.6 Å². The molecule has 0 radical (unpaired) electrons. The zero-order chi connectivity index (χ0) is 33.2. The van der Waals surface area contributed by atoms with Crippen LogP contribution >= 0.6 is 11.8 Å². The van der Waals surface area contributed by atoms with Gasteiger partial charge in [-0.1, -0.05) is 25.1 Å². The maximum Gasteiger partial charge on any atom is 0.255 e. The molecule has 16 heteroatoms. The fourth-order valence-electron chi connectivity index (χ4n) is 4.81. The zero-order valence-electron chi connectivity index (χ0n) is 23.7. The van der Waals surface area contributed by atoms with E-state index in [-0.39, 0.29) is 36.1 Å². The Kier molecular flexibility index (Phi) is 9.68. The van der Waals surface area contributed by atoms with E-state index in [9.17, 15) is 36.2 Å². The number of nitrogens with zero attached hydrogens (tertiary/aromatic N) is 4. The smallest absolute Gasteiger partial charge is 0.255 e. The van der Waals surface area contributed by atoms with Gasteiger partial charge in [0.1, 0.15) is 47.2 Å². The number of aliphatic hydroxyl groups is 1. The Labute approximate surface area is 261 Å². The minimum atomic E-state index is -1.94. The largest absolute Gasteiger partial charge is 0.382 e. The van der Waals surface area contributed by atoms with E-state index in [1.165, 1.54) is 59.4 Å². The molecule has 240 valence electrons. The number of amides is 1. The van der Waals surface area contributed by atoms with Crippen LogP contribution in [0.25, 0.3) is 0 Å². The number of hydrogen-bond acceptors (Lipinski definition) is 8. The van der Waals surface area contributed by atoms with Crippen molar-refractivity contribution in [2.45, 2.75) is 35.9 Å². The SMILES string of the molecule is C[C@@H](S[C@H]1CO[C@H](c2ccc(C(=O)Nc3c(F)c(F)c(C#N)c(F)c3F)cc2)OC1)[C@](O)(Cn1cncn1)c1ccc(F)cc1F. The molecule has 1 amide bonds. The Morgan fingerprint density at radius 3 is 2.30 bits per heavy atom. The van der Waals surface area contributed by atoms with Gasteiger partial charge in [-0.05, 0) is 18.2 Å². The first-order valence-corrected chi connectivity index (χ1v) is 14.4. The maximum atomic E-state index is 14.8. The number of nitriles is 1. The number of rotatable bonds is 9. The van der Waals surface area contributed by atoms with Crippen molar-refractivity contribution in [3.05, 3.63) is 112 Å². The molecule has 1 saturated heterocycles. The third-order valence-corrected chi connectivity index (χ3v) is 8.72. The number of carbonyl (C=O) groups is 1. The van der Waals surface area contributed by atoms with Crippen LogP contribution in [-0.4, -0.2) is 49.5 Å². The second-order valence-electron chi connectivity index (χ2n) is 10.2. The quantitative estimate of drug-likeness (QED) is 0.181. The summed E-state index contributed by atoms with van der Waals surface area (Å²) >= 11 is 1.26. The fourth-order valence-corrected chi connectivity index (χ4v) is 6.13. The first-order valence-electron chi connectivity index (χ1n) is 13.5. The number of aromatic nitrogens is 3. The van der Waals surface area contributed by atoms with E-state index in [1.54, 1.807) is 12.2 Å². The van der Waals surface area contributed by atoms with Crippen molar-refractivity contribution in [1.29, 1.82) is 5.26 Å². The van der Waals surface area contributed by atoms with E-state index in [0.717, 1.165) is 12.1 Å². The highest BCUT2D eigenvalue weighted by Crippen LogP contribution is 2.39. The van der Waals surface area contributed by atoms with E-state index >= 15 is 0 Å². The number of anilines is 1. The van der Waals surface area contributed by atoms with Gasteiger partial charge < -0.3 is 19.9 Å². The van der Waals surface area contributed by atoms with E-state index in [2.05, 4.69) is 10.1 Å². The average Bonchev–Trinajstić information content (AvgIpc) is 3.55. The van der Waals surface area contributed by atoms with E-state index in [1.807, 2.05) is 0 Å². The van der Waals surface area contributed by atoms with Gasteiger partial charge in [-0.3, -0.25) is 4.79 Å². The minimum absolute atomic E-state index is 0.120. The van der Waals surface area contributed by atoms with Gasteiger partial charge >= 0.3 is 0 Å². The zero-order valence-corrected chi connectivity index (χ0v) is 24.5. The third-order valence-electron chi connectivity index (χ3n) is 7.26. The van der Waals surface area contributed by atoms with Crippen molar-refractivity contribution in [1.82, 2.24) is 14.8 Å². The highest BCUT2D eigenvalue weighted by atomic mass is 32.2. The predicted octanol–water partition coefficient (Wildman–Crippen LogP) is 5.36. The van der Waals surface area contributed by atoms with Gasteiger partial charge in [0.25, 0.3) is 5.91 Å². The Bertz CT molecular complexity index is 1750. The van der Waals surface area contributed by atoms with E-state index in [4.69, 9.17) is 14.7 Å². The van der Waals surface area contributed by atoms with Gasteiger partial charge in [0.15, 0.2) is 29.6 Å². The van der Waals surface area contributed by atoms with Crippen LogP contribution in [-0.2, 0) is 21.6 Å². The highest BCUT2D eigenvalue weighted by Gasteiger charge is 2.41. The van der Waals surface area contributed by atoms with Crippen molar-refractivity contribution >= 4 is 23.4 Å². The monoisotopic (exact) mass is 663 g/mol. The number of carbonyl (C=O) groups excluding carboxylic acids is 1. The lowest BCUT2D eigenvalue weighted by molar-refractivity contribution is -0.180. The molecule has 0 saturated carbocycles. The number of thioether (sulfide) groups is 1. The summed E-state index contributed by atoms with van der Waals surface area (Å²) in [7, 11) is 0. The summed E-state index contributed by atoms with van der Waals surface area (Å²) in [6.07, 6.45) is 1.75. The summed E-state index contributed by atoms with van der Waals surface area (Å²) in [4.78, 5) is 16.4. The molecule has 2 atom stereocenters. The molecule has 5 rings (SSSR count). The number of halogens is 6. The Morgan fingerprint density at radius 2 is 1.74 bits per heavy atom. The molecule has 3 aromatic carbocycles. The van der Waals surface area contributed by atoms with Gasteiger partial charge in [-0.25, -0.2) is 36.0 Å². The van der Waals surface area contributed by atoms with Gasteiger partial charge in [0, 0.05) is 28.0 Å². The summed E-state index contributed by atoms with van der Waals surface area (Å²) in [5.41, 5.74) is -4.43. The van der Waals surface area contributed by atoms with Gasteiger partial charge in [-0.15, -0.1) is 11.8 Å². The average molecular weight is 664 g/mol. The van der Waals surface area contributed by atoms with Crippen LogP contribution in [0.4, 0.5) is 32.0 Å². The predicted molar refractivity (Wildman–Crippen MR) is 151 cm³/mol. The first kappa shape index (κ1) is 32.9. The molecular weight excluding hydrogens is 640 g/mol. The number of nitrogens with one attached hydrogen (secondary N) is 1. The molecule has 0 bridgehead atoms. The summed E-state index contributed by atoms with van der Waals surface area (Å²) in [6.45, 7) is 1.79. The van der Waals surface area contributed by atoms with E-state index < -0.39 is 69.2 Å². The second kappa shape index (κ2) is 13.5. The normalized spacial score (nSPS) is 18.4. The van der Waals surface area contributed by atoms with Crippen LogP contribution < -0.4 is 5.32 Å². The van der Waals surface area contributed by atoms with Crippen LogP contribution in [0.3, 0.4) is 0 Å². The molecule has 2 heterocycles. The molecule has 1 aliphatic rings. The highest BCUT2D eigenvalue weighted by molar-refractivity contribution is 8.00. The van der Waals surface area contributed by atoms with Crippen molar-refractivity contribution < 1.29 is 45.7 Å². The second-order valence-corrected chi connectivity index (χ2v) is 11.9. The van der Waals surface area contributed by atoms with Crippen molar-refractivity contribution in [3.8, 4) is 6.07 Å². The third kappa shape index (κ3) is 6.58. The first-order chi connectivity index (χ1) is 21.9. The number of hydrogen-bond donors (Lipinski definition) is 2. The minimum Gasteiger partial charge on any atom is -0.382 e. The standard InChI is InChI=1S/C30H23F6N5O4S/c1-15(30(43,12-41-14-38-13-39-41)21-7-6-18(31)8-22(21)32)46-19-10-44-29(45-11-19)17-4-2-16(3-5-17)28(42)40-27-25(35)23(33)20(9-37)24(34)26(27)36/h2-8,13-15,19,29,43H,10-12H2,1H3,(H,40,42)/t15-,19-,29-,30-/m1/s1. The van der Waals surface area contributed by atoms with Crippen LogP contribution in [0.2, 0.25) is 0 Å². The summed E-state index contributed by atoms with van der Waals surface area (Å²) < 4.78 is 97.7. The number of benzene rings is 3. The lowest BCUT2D eigenvalue weighted by Gasteiger charge is -2.37. The van der Waals surface area contributed by atoms with Crippen LogP contribution in [0.1, 0.15) is 40.3 Å². The lowest BCUT2D eigenvalue weighted by Crippen LogP contribution is -2.43. The van der Waals surface area contributed by atoms with Gasteiger partial charge in [0.2, 0.25) is 0 Å². The Hall–Kier alpha value is -4.43. The molecular formula is C30H23F6N5O4S. The molecule has 0 aliphatic carbocycles. The summed E-state index contributed by atoms with van der Waals surface area (Å²) in [5, 5.41) is 25.2. The molecule has 2 N–H and O–H groups in total. The fraction of sp³-hybridized carbons (Fsp3) is 0.267. The van der Waals surface area contributed by atoms with Crippen molar-refractivity contribution in [3.63, 3.8) is 0 Å². The topological polar surface area (TPSA) is 122 Å².